The van der Waals surface area contributed by atoms with Gasteiger partial charge in [-0.25, -0.2) is 9.78 Å². The van der Waals surface area contributed by atoms with E-state index in [2.05, 4.69) is 15.0 Å². The molecular formula is C17H16F3N5O3. The first-order valence-electron chi connectivity index (χ1n) is 7.77. The summed E-state index contributed by atoms with van der Waals surface area (Å²) in [7, 11) is 1.18. The highest BCUT2D eigenvalue weighted by atomic mass is 19.4. The van der Waals surface area contributed by atoms with Gasteiger partial charge in [0.25, 0.3) is 0 Å². The van der Waals surface area contributed by atoms with Gasteiger partial charge in [-0.2, -0.15) is 13.2 Å². The first-order chi connectivity index (χ1) is 13.1. The van der Waals surface area contributed by atoms with Gasteiger partial charge in [0.2, 0.25) is 0 Å². The van der Waals surface area contributed by atoms with Crippen LogP contribution in [0.5, 0.6) is 0 Å². The third-order valence-electron chi connectivity index (χ3n) is 3.60. The first-order valence-corrected chi connectivity index (χ1v) is 7.77. The van der Waals surface area contributed by atoms with Crippen molar-refractivity contribution < 1.29 is 27.5 Å². The number of esters is 1. The van der Waals surface area contributed by atoms with Gasteiger partial charge in [0, 0.05) is 30.7 Å². The zero-order chi connectivity index (χ0) is 20.9. The number of nitrogens with two attached hydrogens (primary N) is 1. The molecule has 8 nitrogen and oxygen atoms in total. The molecule has 0 spiro atoms. The van der Waals surface area contributed by atoms with Gasteiger partial charge in [0.15, 0.2) is 18.1 Å². The minimum Gasteiger partial charge on any atom is -0.454 e. The van der Waals surface area contributed by atoms with Crippen LogP contribution < -0.4 is 11.1 Å². The Morgan fingerprint density at radius 1 is 1.29 bits per heavy atom. The summed E-state index contributed by atoms with van der Waals surface area (Å²) < 4.78 is 44.6. The van der Waals surface area contributed by atoms with Gasteiger partial charge in [-0.1, -0.05) is 0 Å². The van der Waals surface area contributed by atoms with Crippen molar-refractivity contribution in [1.29, 1.82) is 5.41 Å². The molecule has 1 aromatic carbocycles. The molecular weight excluding hydrogens is 379 g/mol. The van der Waals surface area contributed by atoms with E-state index in [-0.39, 0.29) is 5.56 Å². The van der Waals surface area contributed by atoms with Crippen molar-refractivity contribution in [2.24, 2.45) is 5.73 Å². The highest BCUT2D eigenvalue weighted by Gasteiger charge is 2.41. The van der Waals surface area contributed by atoms with Crippen LogP contribution in [0.1, 0.15) is 10.4 Å². The Hall–Kier alpha value is -3.63. The second-order valence-corrected chi connectivity index (χ2v) is 5.43. The maximum Gasteiger partial charge on any atom is 0.433 e. The Morgan fingerprint density at radius 2 is 1.93 bits per heavy atom. The molecule has 0 saturated heterocycles. The summed E-state index contributed by atoms with van der Waals surface area (Å²) >= 11 is 0. The third kappa shape index (κ3) is 4.75. The molecule has 0 aliphatic rings. The average molecular weight is 395 g/mol. The van der Waals surface area contributed by atoms with Crippen LogP contribution in [0, 0.1) is 5.41 Å². The summed E-state index contributed by atoms with van der Waals surface area (Å²) in [5, 5.41) is 9.27. The lowest BCUT2D eigenvalue weighted by molar-refractivity contribution is -0.138. The van der Waals surface area contributed by atoms with Gasteiger partial charge in [0.05, 0.1) is 6.33 Å². The molecule has 0 aliphatic carbocycles. The average Bonchev–Trinajstić information content (AvgIpc) is 3.20. The topological polar surface area (TPSA) is 123 Å². The number of ether oxygens (including phenoxy) is 1. The fourth-order valence-electron chi connectivity index (χ4n) is 2.13. The summed E-state index contributed by atoms with van der Waals surface area (Å²) in [4.78, 5) is 28.0. The molecule has 1 aromatic heterocycles. The lowest BCUT2D eigenvalue weighted by Crippen LogP contribution is -2.34. The minimum absolute atomic E-state index is 0.190. The third-order valence-corrected chi connectivity index (χ3v) is 3.60. The van der Waals surface area contributed by atoms with Crippen LogP contribution in [0.3, 0.4) is 0 Å². The summed E-state index contributed by atoms with van der Waals surface area (Å²) in [6.07, 6.45) is -0.259. The number of hydrogen-bond acceptors (Lipinski definition) is 7. The summed E-state index contributed by atoms with van der Waals surface area (Å²) in [6.45, 7) is -0.811. The predicted molar refractivity (Wildman–Crippen MR) is 92.9 cm³/mol. The summed E-state index contributed by atoms with van der Waals surface area (Å²) in [5.41, 5.74) is 3.09. The molecule has 0 fully saturated rings. The number of imidazole rings is 1. The number of nitrogens with zero attached hydrogens (tertiary/aromatic N) is 2. The van der Waals surface area contributed by atoms with Crippen LogP contribution in [-0.2, 0) is 9.53 Å². The summed E-state index contributed by atoms with van der Waals surface area (Å²) in [5.74, 6) is -2.85. The highest BCUT2D eigenvalue weighted by molar-refractivity contribution is 6.21. The molecule has 0 bridgehead atoms. The van der Waals surface area contributed by atoms with Crippen LogP contribution in [0.25, 0.3) is 5.69 Å². The minimum atomic E-state index is -5.11. The number of carbonyl (C=O) groups excluding carboxylic acids is 2. The second kappa shape index (κ2) is 8.37. The number of halogens is 3. The molecule has 11 heteroatoms. The highest BCUT2D eigenvalue weighted by Crippen LogP contribution is 2.22. The van der Waals surface area contributed by atoms with Gasteiger partial charge < -0.3 is 20.4 Å². The number of aromatic nitrogens is 2. The molecule has 0 amide bonds. The molecule has 2 aromatic rings. The normalized spacial score (nSPS) is 12.1. The predicted octanol–water partition coefficient (Wildman–Crippen LogP) is 1.57. The number of benzene rings is 1. The first kappa shape index (κ1) is 20.7. The van der Waals surface area contributed by atoms with Crippen LogP contribution >= 0.6 is 0 Å². The Morgan fingerprint density at radius 3 is 2.43 bits per heavy atom. The molecule has 148 valence electrons. The van der Waals surface area contributed by atoms with Gasteiger partial charge >= 0.3 is 12.1 Å². The van der Waals surface area contributed by atoms with Crippen molar-refractivity contribution in [2.45, 2.75) is 6.18 Å². The molecule has 4 N–H and O–H groups in total. The van der Waals surface area contributed by atoms with Crippen LogP contribution in [0.4, 0.5) is 13.2 Å². The van der Waals surface area contributed by atoms with Gasteiger partial charge in [-0.3, -0.25) is 10.2 Å². The van der Waals surface area contributed by atoms with E-state index in [1.54, 1.807) is 35.4 Å². The Balaban J connectivity index is 2.08. The molecule has 1 heterocycles. The second-order valence-electron chi connectivity index (χ2n) is 5.43. The number of hydrogen-bond donors (Lipinski definition) is 3. The van der Waals surface area contributed by atoms with Gasteiger partial charge in [-0.15, -0.1) is 0 Å². The van der Waals surface area contributed by atoms with E-state index in [1.165, 1.54) is 19.2 Å². The van der Waals surface area contributed by atoms with Crippen molar-refractivity contribution in [3.63, 3.8) is 0 Å². The number of Topliss-reactive ketones (excluding diaryl/α,β-unsaturated/α-hetero) is 1. The molecule has 2 rings (SSSR count). The summed E-state index contributed by atoms with van der Waals surface area (Å²) in [6, 6.07) is 6.20. The van der Waals surface area contributed by atoms with E-state index < -0.39 is 41.6 Å². The zero-order valence-corrected chi connectivity index (χ0v) is 14.6. The van der Waals surface area contributed by atoms with E-state index in [0.717, 1.165) is 5.69 Å². The standard InChI is InChI=1S/C17H16F3N5O3/c1-23-15(22)13(14(21)17(18,19)20)16(27)28-8-12(26)10-2-4-11(5-3-10)25-7-6-24-9-25/h2-7,9,21,23H,8,22H2,1H3/b15-13+,21-14?. The molecule has 0 radical (unpaired) electrons. The van der Waals surface area contributed by atoms with Crippen LogP contribution in [-0.4, -0.2) is 46.8 Å². The van der Waals surface area contributed by atoms with Crippen molar-refractivity contribution >= 4 is 17.5 Å². The Labute approximate surface area is 157 Å². The van der Waals surface area contributed by atoms with Crippen molar-refractivity contribution in [3.05, 3.63) is 59.9 Å². The largest absolute Gasteiger partial charge is 0.454 e. The Kier molecular flexibility index (Phi) is 6.18. The molecule has 0 unspecified atom stereocenters. The maximum atomic E-state index is 12.8. The van der Waals surface area contributed by atoms with Gasteiger partial charge in [0.1, 0.15) is 11.4 Å². The molecule has 0 aliphatic heterocycles. The van der Waals surface area contributed by atoms with Gasteiger partial charge in [-0.05, 0) is 24.3 Å². The zero-order valence-electron chi connectivity index (χ0n) is 14.6. The van der Waals surface area contributed by atoms with E-state index in [0.29, 0.717) is 0 Å². The number of rotatable bonds is 7. The molecule has 28 heavy (non-hydrogen) atoms. The quantitative estimate of drug-likeness (QED) is 0.283. The van der Waals surface area contributed by atoms with Crippen LogP contribution in [0.15, 0.2) is 54.4 Å². The lowest BCUT2D eigenvalue weighted by atomic mass is 10.1. The van der Waals surface area contributed by atoms with E-state index >= 15 is 0 Å². The number of carbonyl (C=O) groups is 2. The van der Waals surface area contributed by atoms with Crippen LogP contribution in [0.2, 0.25) is 0 Å². The van der Waals surface area contributed by atoms with Crippen molar-refractivity contribution in [2.75, 3.05) is 13.7 Å². The lowest BCUT2D eigenvalue weighted by Gasteiger charge is -2.14. The fraction of sp³-hybridized carbons (Fsp3) is 0.176. The number of ketones is 1. The van der Waals surface area contributed by atoms with Crippen molar-refractivity contribution in [3.8, 4) is 5.69 Å². The van der Waals surface area contributed by atoms with E-state index in [4.69, 9.17) is 11.1 Å². The van der Waals surface area contributed by atoms with E-state index in [1.807, 2.05) is 0 Å². The number of alkyl halides is 3. The molecule has 0 saturated carbocycles. The van der Waals surface area contributed by atoms with Crippen molar-refractivity contribution in [1.82, 2.24) is 14.9 Å². The van der Waals surface area contributed by atoms with E-state index in [9.17, 15) is 22.8 Å². The monoisotopic (exact) mass is 395 g/mol. The maximum absolute atomic E-state index is 12.8. The SMILES string of the molecule is CN/C(N)=C(\C(=N)C(F)(F)F)C(=O)OCC(=O)c1ccc(-n2ccnc2)cc1. The molecule has 0 atom stereocenters. The number of nitrogens with one attached hydrogen (secondary N) is 2. The smallest absolute Gasteiger partial charge is 0.433 e. The fourth-order valence-corrected chi connectivity index (χ4v) is 2.13. The Bertz CT molecular complexity index is 903.